The SMILES string of the molecule is Cc1c(Cl)cccc1-n1ncc2c1NC(=O)C[C@H]2c1ccc(O)cc1. The number of amides is 1. The zero-order valence-corrected chi connectivity index (χ0v) is 14.3. The van der Waals surface area contributed by atoms with Gasteiger partial charge in [0.15, 0.2) is 0 Å². The number of hydrogen-bond donors (Lipinski definition) is 2. The van der Waals surface area contributed by atoms with Crippen molar-refractivity contribution < 1.29 is 9.90 Å². The summed E-state index contributed by atoms with van der Waals surface area (Å²) in [6.07, 6.45) is 2.13. The predicted molar refractivity (Wildman–Crippen MR) is 96.5 cm³/mol. The molecule has 0 saturated carbocycles. The van der Waals surface area contributed by atoms with Gasteiger partial charge in [-0.25, -0.2) is 4.68 Å². The van der Waals surface area contributed by atoms with Crippen molar-refractivity contribution in [1.82, 2.24) is 9.78 Å². The zero-order chi connectivity index (χ0) is 17.6. The van der Waals surface area contributed by atoms with E-state index in [1.54, 1.807) is 23.0 Å². The van der Waals surface area contributed by atoms with Crippen molar-refractivity contribution in [3.8, 4) is 11.4 Å². The van der Waals surface area contributed by atoms with Gasteiger partial charge in [0.05, 0.1) is 11.9 Å². The average Bonchev–Trinajstić information content (AvgIpc) is 3.01. The molecule has 3 aromatic rings. The molecule has 1 aliphatic rings. The van der Waals surface area contributed by atoms with Crippen LogP contribution in [0.5, 0.6) is 5.75 Å². The Balaban J connectivity index is 1.84. The molecule has 2 aromatic carbocycles. The molecule has 6 heteroatoms. The standard InChI is InChI=1S/C19H16ClN3O2/c1-11-16(20)3-2-4-17(11)23-19-15(10-21-23)14(9-18(25)22-19)12-5-7-13(24)8-6-12/h2-8,10,14,24H,9H2,1H3,(H,22,25)/t14-/m0/s1. The van der Waals surface area contributed by atoms with Crippen LogP contribution < -0.4 is 5.32 Å². The lowest BCUT2D eigenvalue weighted by Crippen LogP contribution is -2.24. The van der Waals surface area contributed by atoms with E-state index in [1.165, 1.54) is 0 Å². The Morgan fingerprint density at radius 3 is 2.76 bits per heavy atom. The quantitative estimate of drug-likeness (QED) is 0.731. The minimum absolute atomic E-state index is 0.0630. The molecule has 1 atom stereocenters. The molecule has 0 aliphatic carbocycles. The second kappa shape index (κ2) is 5.93. The van der Waals surface area contributed by atoms with E-state index in [4.69, 9.17) is 11.6 Å². The van der Waals surface area contributed by atoms with Crippen molar-refractivity contribution in [3.05, 3.63) is 70.4 Å². The van der Waals surface area contributed by atoms with Gasteiger partial charge < -0.3 is 10.4 Å². The van der Waals surface area contributed by atoms with Crippen molar-refractivity contribution in [2.75, 3.05) is 5.32 Å². The Morgan fingerprint density at radius 2 is 2.00 bits per heavy atom. The lowest BCUT2D eigenvalue weighted by atomic mass is 9.87. The van der Waals surface area contributed by atoms with Crippen molar-refractivity contribution >= 4 is 23.3 Å². The topological polar surface area (TPSA) is 67.2 Å². The van der Waals surface area contributed by atoms with Gasteiger partial charge in [-0.15, -0.1) is 0 Å². The van der Waals surface area contributed by atoms with Crippen LogP contribution in [0.15, 0.2) is 48.7 Å². The Kier molecular flexibility index (Phi) is 3.73. The molecule has 0 fully saturated rings. The highest BCUT2D eigenvalue weighted by Gasteiger charge is 2.30. The summed E-state index contributed by atoms with van der Waals surface area (Å²) >= 11 is 6.23. The van der Waals surface area contributed by atoms with Crippen LogP contribution >= 0.6 is 11.6 Å². The lowest BCUT2D eigenvalue weighted by Gasteiger charge is -2.24. The number of nitrogens with zero attached hydrogens (tertiary/aromatic N) is 2. The van der Waals surface area contributed by atoms with Crippen LogP contribution in [0.4, 0.5) is 5.82 Å². The van der Waals surface area contributed by atoms with Gasteiger partial charge in [0.25, 0.3) is 0 Å². The number of rotatable bonds is 2. The van der Waals surface area contributed by atoms with Gasteiger partial charge in [0, 0.05) is 22.9 Å². The summed E-state index contributed by atoms with van der Waals surface area (Å²) in [6.45, 7) is 1.92. The Labute approximate surface area is 149 Å². The van der Waals surface area contributed by atoms with Crippen molar-refractivity contribution in [2.45, 2.75) is 19.3 Å². The van der Waals surface area contributed by atoms with Gasteiger partial charge >= 0.3 is 0 Å². The van der Waals surface area contributed by atoms with E-state index in [-0.39, 0.29) is 17.6 Å². The van der Waals surface area contributed by atoms with Gasteiger partial charge in [-0.2, -0.15) is 5.10 Å². The highest BCUT2D eigenvalue weighted by molar-refractivity contribution is 6.31. The number of aromatic nitrogens is 2. The Morgan fingerprint density at radius 1 is 1.24 bits per heavy atom. The van der Waals surface area contributed by atoms with Gasteiger partial charge in [0.1, 0.15) is 11.6 Å². The minimum atomic E-state index is -0.0995. The summed E-state index contributed by atoms with van der Waals surface area (Å²) in [7, 11) is 0. The number of phenolic OH excluding ortho intramolecular Hbond substituents is 1. The first-order chi connectivity index (χ1) is 12.0. The Bertz CT molecular complexity index is 963. The molecule has 4 rings (SSSR count). The molecule has 0 unspecified atom stereocenters. The van der Waals surface area contributed by atoms with Crippen LogP contribution in [-0.4, -0.2) is 20.8 Å². The zero-order valence-electron chi connectivity index (χ0n) is 13.5. The van der Waals surface area contributed by atoms with Crippen LogP contribution in [0.25, 0.3) is 5.69 Å². The first-order valence-corrected chi connectivity index (χ1v) is 8.34. The van der Waals surface area contributed by atoms with Crippen molar-refractivity contribution in [3.63, 3.8) is 0 Å². The third-order valence-electron chi connectivity index (χ3n) is 4.58. The number of carbonyl (C=O) groups excluding carboxylic acids is 1. The number of halogens is 1. The molecule has 5 nitrogen and oxygen atoms in total. The molecule has 126 valence electrons. The first-order valence-electron chi connectivity index (χ1n) is 7.97. The summed E-state index contributed by atoms with van der Waals surface area (Å²) in [5.74, 6) is 0.707. The molecule has 0 radical (unpaired) electrons. The molecular weight excluding hydrogens is 338 g/mol. The van der Waals surface area contributed by atoms with E-state index in [0.717, 1.165) is 22.4 Å². The number of nitrogens with one attached hydrogen (secondary N) is 1. The number of aromatic hydroxyl groups is 1. The molecular formula is C19H16ClN3O2. The van der Waals surface area contributed by atoms with Crippen LogP contribution in [0.3, 0.4) is 0 Å². The van der Waals surface area contributed by atoms with Crippen LogP contribution in [0, 0.1) is 6.92 Å². The maximum Gasteiger partial charge on any atom is 0.226 e. The largest absolute Gasteiger partial charge is 0.508 e. The summed E-state index contributed by atoms with van der Waals surface area (Å²) in [5, 5.41) is 17.6. The number of phenols is 1. The predicted octanol–water partition coefficient (Wildman–Crippen LogP) is 4.01. The maximum atomic E-state index is 12.3. The molecule has 2 N–H and O–H groups in total. The smallest absolute Gasteiger partial charge is 0.226 e. The third-order valence-corrected chi connectivity index (χ3v) is 4.99. The lowest BCUT2D eigenvalue weighted by molar-refractivity contribution is -0.116. The second-order valence-electron chi connectivity index (χ2n) is 6.14. The summed E-state index contributed by atoms with van der Waals surface area (Å²) in [6, 6.07) is 12.6. The van der Waals surface area contributed by atoms with Crippen molar-refractivity contribution in [1.29, 1.82) is 0 Å². The molecule has 0 saturated heterocycles. The fraction of sp³-hybridized carbons (Fsp3) is 0.158. The fourth-order valence-corrected chi connectivity index (χ4v) is 3.40. The number of carbonyl (C=O) groups is 1. The fourth-order valence-electron chi connectivity index (χ4n) is 3.23. The van der Waals surface area contributed by atoms with Crippen LogP contribution in [0.1, 0.15) is 29.0 Å². The third kappa shape index (κ3) is 2.66. The van der Waals surface area contributed by atoms with Crippen molar-refractivity contribution in [2.24, 2.45) is 0 Å². The highest BCUT2D eigenvalue weighted by atomic mass is 35.5. The van der Waals surface area contributed by atoms with E-state index in [0.29, 0.717) is 17.3 Å². The molecule has 25 heavy (non-hydrogen) atoms. The first kappa shape index (κ1) is 15.7. The molecule has 2 heterocycles. The molecule has 1 aliphatic heterocycles. The van der Waals surface area contributed by atoms with E-state index < -0.39 is 0 Å². The average molecular weight is 354 g/mol. The van der Waals surface area contributed by atoms with Gasteiger partial charge in [-0.1, -0.05) is 29.8 Å². The summed E-state index contributed by atoms with van der Waals surface area (Å²) < 4.78 is 1.72. The van der Waals surface area contributed by atoms with E-state index >= 15 is 0 Å². The monoisotopic (exact) mass is 353 g/mol. The summed E-state index contributed by atoms with van der Waals surface area (Å²) in [5.41, 5.74) is 3.65. The molecule has 0 spiro atoms. The normalized spacial score (nSPS) is 16.4. The van der Waals surface area contributed by atoms with Gasteiger partial charge in [-0.05, 0) is 42.3 Å². The van der Waals surface area contributed by atoms with Gasteiger partial charge in [-0.3, -0.25) is 4.79 Å². The number of fused-ring (bicyclic) bond motifs is 1. The summed E-state index contributed by atoms with van der Waals surface area (Å²) in [4.78, 5) is 12.3. The number of hydrogen-bond acceptors (Lipinski definition) is 3. The van der Waals surface area contributed by atoms with Crippen LogP contribution in [-0.2, 0) is 4.79 Å². The highest BCUT2D eigenvalue weighted by Crippen LogP contribution is 2.39. The van der Waals surface area contributed by atoms with E-state index in [2.05, 4.69) is 10.4 Å². The second-order valence-corrected chi connectivity index (χ2v) is 6.55. The van der Waals surface area contributed by atoms with E-state index in [9.17, 15) is 9.90 Å². The number of anilines is 1. The van der Waals surface area contributed by atoms with Crippen LogP contribution in [0.2, 0.25) is 5.02 Å². The Hall–Kier alpha value is -2.79. The number of benzene rings is 2. The van der Waals surface area contributed by atoms with E-state index in [1.807, 2.05) is 37.3 Å². The maximum absolute atomic E-state index is 12.3. The molecule has 0 bridgehead atoms. The molecule has 1 amide bonds. The minimum Gasteiger partial charge on any atom is -0.508 e. The van der Waals surface area contributed by atoms with Gasteiger partial charge in [0.2, 0.25) is 5.91 Å². The molecule has 1 aromatic heterocycles.